The summed E-state index contributed by atoms with van der Waals surface area (Å²) in [5, 5.41) is 2.62. The Balaban J connectivity index is 2.12. The Morgan fingerprint density at radius 3 is 2.59 bits per heavy atom. The van der Waals surface area contributed by atoms with E-state index < -0.39 is 11.7 Å². The minimum Gasteiger partial charge on any atom is -0.322 e. The Morgan fingerprint density at radius 1 is 1.09 bits per heavy atom. The van der Waals surface area contributed by atoms with E-state index in [0.717, 1.165) is 12.8 Å². The van der Waals surface area contributed by atoms with Crippen molar-refractivity contribution < 1.29 is 14.0 Å². The van der Waals surface area contributed by atoms with E-state index in [4.69, 9.17) is 0 Å². The second kappa shape index (κ2) is 7.50. The number of benzene rings is 2. The minimum atomic E-state index is -0.574. The highest BCUT2D eigenvalue weighted by Gasteiger charge is 2.12. The van der Waals surface area contributed by atoms with Crippen LogP contribution in [0.2, 0.25) is 0 Å². The third-order valence-electron chi connectivity index (χ3n) is 3.32. The van der Waals surface area contributed by atoms with Gasteiger partial charge in [0.1, 0.15) is 5.82 Å². The number of halogens is 1. The molecular weight excluding hydrogens is 281 g/mol. The van der Waals surface area contributed by atoms with E-state index in [1.807, 2.05) is 6.92 Å². The van der Waals surface area contributed by atoms with E-state index in [-0.39, 0.29) is 11.3 Å². The molecule has 0 spiro atoms. The highest BCUT2D eigenvalue weighted by molar-refractivity contribution is 6.05. The Morgan fingerprint density at radius 2 is 1.86 bits per heavy atom. The molecule has 2 aromatic rings. The first-order valence-electron chi connectivity index (χ1n) is 7.31. The summed E-state index contributed by atoms with van der Waals surface area (Å²) >= 11 is 0. The fraction of sp³-hybridized carbons (Fsp3) is 0.222. The number of nitrogens with one attached hydrogen (secondary N) is 1. The van der Waals surface area contributed by atoms with Gasteiger partial charge in [0.25, 0.3) is 5.91 Å². The summed E-state index contributed by atoms with van der Waals surface area (Å²) in [4.78, 5) is 24.0. The third-order valence-corrected chi connectivity index (χ3v) is 3.32. The zero-order valence-corrected chi connectivity index (χ0v) is 12.4. The highest BCUT2D eigenvalue weighted by Crippen LogP contribution is 2.16. The number of hydrogen-bond donors (Lipinski definition) is 1. The molecule has 0 aromatic heterocycles. The maximum Gasteiger partial charge on any atom is 0.258 e. The van der Waals surface area contributed by atoms with Gasteiger partial charge in [0.2, 0.25) is 0 Å². The van der Waals surface area contributed by atoms with Crippen molar-refractivity contribution in [3.8, 4) is 0 Å². The van der Waals surface area contributed by atoms with E-state index in [0.29, 0.717) is 17.7 Å². The lowest BCUT2D eigenvalue weighted by atomic mass is 10.1. The first-order valence-corrected chi connectivity index (χ1v) is 7.31. The van der Waals surface area contributed by atoms with Crippen molar-refractivity contribution in [2.24, 2.45) is 0 Å². The van der Waals surface area contributed by atoms with Gasteiger partial charge in [0.15, 0.2) is 5.78 Å². The molecule has 0 aliphatic carbocycles. The quantitative estimate of drug-likeness (QED) is 0.801. The number of unbranched alkanes of at least 4 members (excludes halogenated alkanes) is 1. The summed E-state index contributed by atoms with van der Waals surface area (Å²) in [5.41, 5.74) is 1.01. The Bertz CT molecular complexity index is 682. The number of Topliss-reactive ketones (excluding diaryl/α,β-unsaturated/α-hetero) is 1. The van der Waals surface area contributed by atoms with Crippen LogP contribution >= 0.6 is 0 Å². The van der Waals surface area contributed by atoms with E-state index in [1.54, 1.807) is 30.3 Å². The maximum atomic E-state index is 13.6. The maximum absolute atomic E-state index is 13.6. The van der Waals surface area contributed by atoms with Crippen LogP contribution in [0.5, 0.6) is 0 Å². The summed E-state index contributed by atoms with van der Waals surface area (Å²) < 4.78 is 13.6. The summed E-state index contributed by atoms with van der Waals surface area (Å²) in [5.74, 6) is -1.06. The minimum absolute atomic E-state index is 0.0230. The van der Waals surface area contributed by atoms with Crippen LogP contribution in [-0.2, 0) is 0 Å². The summed E-state index contributed by atoms with van der Waals surface area (Å²) in [6.07, 6.45) is 2.28. The highest BCUT2D eigenvalue weighted by atomic mass is 19.1. The molecule has 114 valence electrons. The molecule has 0 saturated carbocycles. The molecule has 0 fully saturated rings. The molecule has 0 saturated heterocycles. The first-order chi connectivity index (χ1) is 10.6. The Hall–Kier alpha value is -2.49. The van der Waals surface area contributed by atoms with Gasteiger partial charge in [0.05, 0.1) is 5.56 Å². The Kier molecular flexibility index (Phi) is 5.42. The van der Waals surface area contributed by atoms with Gasteiger partial charge in [-0.1, -0.05) is 37.6 Å². The Labute approximate surface area is 129 Å². The van der Waals surface area contributed by atoms with E-state index in [1.165, 1.54) is 18.2 Å². The number of carbonyl (C=O) groups is 2. The molecule has 0 heterocycles. The normalized spacial score (nSPS) is 10.3. The van der Waals surface area contributed by atoms with Gasteiger partial charge in [-0.2, -0.15) is 0 Å². The second-order valence-corrected chi connectivity index (χ2v) is 5.04. The van der Waals surface area contributed by atoms with E-state index in [9.17, 15) is 14.0 Å². The van der Waals surface area contributed by atoms with Crippen molar-refractivity contribution in [2.75, 3.05) is 5.32 Å². The topological polar surface area (TPSA) is 46.2 Å². The van der Waals surface area contributed by atoms with Crippen molar-refractivity contribution in [1.29, 1.82) is 0 Å². The smallest absolute Gasteiger partial charge is 0.258 e. The van der Waals surface area contributed by atoms with Crippen molar-refractivity contribution in [3.05, 3.63) is 65.5 Å². The molecular formula is C18H18FNO2. The molecule has 4 heteroatoms. The largest absolute Gasteiger partial charge is 0.322 e. The molecule has 3 nitrogen and oxygen atoms in total. The predicted molar refractivity (Wildman–Crippen MR) is 84.7 cm³/mol. The molecule has 1 N–H and O–H groups in total. The molecule has 0 bridgehead atoms. The third kappa shape index (κ3) is 4.01. The monoisotopic (exact) mass is 299 g/mol. The molecule has 2 aromatic carbocycles. The standard InChI is InChI=1S/C18H18FNO2/c1-2-3-11-17(21)13-7-6-8-14(12-13)20-18(22)15-9-4-5-10-16(15)19/h4-10,12H,2-3,11H2,1H3,(H,20,22). The number of ketones is 1. The number of carbonyl (C=O) groups excluding carboxylic acids is 2. The second-order valence-electron chi connectivity index (χ2n) is 5.04. The van der Waals surface area contributed by atoms with Crippen molar-refractivity contribution in [1.82, 2.24) is 0 Å². The van der Waals surface area contributed by atoms with Crippen LogP contribution in [0.4, 0.5) is 10.1 Å². The van der Waals surface area contributed by atoms with Crippen molar-refractivity contribution >= 4 is 17.4 Å². The first kappa shape index (κ1) is 15.9. The molecule has 0 unspecified atom stereocenters. The zero-order chi connectivity index (χ0) is 15.9. The van der Waals surface area contributed by atoms with Gasteiger partial charge >= 0.3 is 0 Å². The van der Waals surface area contributed by atoms with Gasteiger partial charge < -0.3 is 5.32 Å². The fourth-order valence-electron chi connectivity index (χ4n) is 2.10. The SMILES string of the molecule is CCCCC(=O)c1cccc(NC(=O)c2ccccc2F)c1. The van der Waals surface area contributed by atoms with Crippen LogP contribution < -0.4 is 5.32 Å². The van der Waals surface area contributed by atoms with Crippen LogP contribution in [0.1, 0.15) is 46.9 Å². The molecule has 0 aliphatic heterocycles. The number of amides is 1. The molecule has 2 rings (SSSR count). The van der Waals surface area contributed by atoms with Gasteiger partial charge in [-0.3, -0.25) is 9.59 Å². The van der Waals surface area contributed by atoms with Gasteiger partial charge in [0, 0.05) is 17.7 Å². The van der Waals surface area contributed by atoms with Crippen molar-refractivity contribution in [2.45, 2.75) is 26.2 Å². The molecule has 1 amide bonds. The summed E-state index contributed by atoms with van der Waals surface area (Å²) in [7, 11) is 0. The van der Waals surface area contributed by atoms with E-state index in [2.05, 4.69) is 5.32 Å². The van der Waals surface area contributed by atoms with Crippen molar-refractivity contribution in [3.63, 3.8) is 0 Å². The molecule has 0 radical (unpaired) electrons. The predicted octanol–water partition coefficient (Wildman–Crippen LogP) is 4.45. The van der Waals surface area contributed by atoms with Gasteiger partial charge in [-0.25, -0.2) is 4.39 Å². The van der Waals surface area contributed by atoms with Crippen LogP contribution in [0, 0.1) is 5.82 Å². The van der Waals surface area contributed by atoms with Gasteiger partial charge in [-0.15, -0.1) is 0 Å². The molecule has 22 heavy (non-hydrogen) atoms. The number of hydrogen-bond acceptors (Lipinski definition) is 2. The lowest BCUT2D eigenvalue weighted by Gasteiger charge is -2.08. The fourth-order valence-corrected chi connectivity index (χ4v) is 2.10. The zero-order valence-electron chi connectivity index (χ0n) is 12.4. The number of rotatable bonds is 6. The van der Waals surface area contributed by atoms with E-state index >= 15 is 0 Å². The number of anilines is 1. The molecule has 0 atom stereocenters. The summed E-state index contributed by atoms with van der Waals surface area (Å²) in [6, 6.07) is 12.5. The van der Waals surface area contributed by atoms with Gasteiger partial charge in [-0.05, 0) is 30.7 Å². The lowest BCUT2D eigenvalue weighted by Crippen LogP contribution is -2.14. The van der Waals surface area contributed by atoms with Crippen LogP contribution in [0.25, 0.3) is 0 Å². The lowest BCUT2D eigenvalue weighted by molar-refractivity contribution is 0.0977. The summed E-state index contributed by atoms with van der Waals surface area (Å²) in [6.45, 7) is 2.03. The van der Waals surface area contributed by atoms with Crippen LogP contribution in [0.15, 0.2) is 48.5 Å². The average molecular weight is 299 g/mol. The molecule has 0 aliphatic rings. The van der Waals surface area contributed by atoms with Crippen LogP contribution in [0.3, 0.4) is 0 Å². The van der Waals surface area contributed by atoms with Crippen LogP contribution in [-0.4, -0.2) is 11.7 Å². The average Bonchev–Trinajstić information content (AvgIpc) is 2.53.